The van der Waals surface area contributed by atoms with E-state index in [1.165, 1.54) is 18.6 Å². The van der Waals surface area contributed by atoms with E-state index in [9.17, 15) is 14.3 Å². The summed E-state index contributed by atoms with van der Waals surface area (Å²) in [6, 6.07) is 5.46. The normalized spacial score (nSPS) is 17.5. The van der Waals surface area contributed by atoms with Crippen molar-refractivity contribution in [1.29, 1.82) is 0 Å². The van der Waals surface area contributed by atoms with Gasteiger partial charge >= 0.3 is 6.03 Å². The first kappa shape index (κ1) is 14.8. The van der Waals surface area contributed by atoms with Gasteiger partial charge in [-0.3, -0.25) is 0 Å². The van der Waals surface area contributed by atoms with Gasteiger partial charge in [0.15, 0.2) is 0 Å². The summed E-state index contributed by atoms with van der Waals surface area (Å²) < 4.78 is 13.1. The monoisotopic (exact) mass is 280 g/mol. The van der Waals surface area contributed by atoms with Gasteiger partial charge in [0.1, 0.15) is 5.82 Å². The summed E-state index contributed by atoms with van der Waals surface area (Å²) in [4.78, 5) is 12.0. The Kier molecular flexibility index (Phi) is 4.95. The molecule has 2 rings (SSSR count). The molecule has 0 unspecified atom stereocenters. The van der Waals surface area contributed by atoms with Crippen LogP contribution in [0.3, 0.4) is 0 Å². The van der Waals surface area contributed by atoms with Gasteiger partial charge in [-0.1, -0.05) is 25.3 Å². The number of hydrogen-bond acceptors (Lipinski definition) is 2. The van der Waals surface area contributed by atoms with Crippen molar-refractivity contribution in [3.05, 3.63) is 30.1 Å². The molecule has 20 heavy (non-hydrogen) atoms. The minimum atomic E-state index is -0.384. The second kappa shape index (κ2) is 6.70. The standard InChI is InChI=1S/C15H21FN2O2/c16-12-5-4-6-13(11-12)17-14(20)18-15(9-10-19)7-2-1-3-8-15/h4-6,11,19H,1-3,7-10H2,(H2,17,18,20). The second-order valence-electron chi connectivity index (χ2n) is 5.40. The van der Waals surface area contributed by atoms with Crippen molar-refractivity contribution in [3.63, 3.8) is 0 Å². The van der Waals surface area contributed by atoms with Crippen LogP contribution in [-0.2, 0) is 0 Å². The zero-order valence-electron chi connectivity index (χ0n) is 11.5. The zero-order chi connectivity index (χ0) is 14.4. The molecule has 1 saturated carbocycles. The van der Waals surface area contributed by atoms with Crippen LogP contribution in [0.4, 0.5) is 14.9 Å². The Morgan fingerprint density at radius 3 is 2.70 bits per heavy atom. The molecule has 0 spiro atoms. The van der Waals surface area contributed by atoms with Crippen LogP contribution < -0.4 is 10.6 Å². The molecule has 4 nitrogen and oxygen atoms in total. The van der Waals surface area contributed by atoms with Crippen LogP contribution in [0.25, 0.3) is 0 Å². The molecular formula is C15H21FN2O2. The highest BCUT2D eigenvalue weighted by atomic mass is 19.1. The molecule has 5 heteroatoms. The third-order valence-corrected chi connectivity index (χ3v) is 3.86. The lowest BCUT2D eigenvalue weighted by Crippen LogP contribution is -2.51. The Hall–Kier alpha value is -1.62. The number of benzene rings is 1. The summed E-state index contributed by atoms with van der Waals surface area (Å²) in [7, 11) is 0. The van der Waals surface area contributed by atoms with Gasteiger partial charge in [-0.15, -0.1) is 0 Å². The van der Waals surface area contributed by atoms with E-state index in [4.69, 9.17) is 0 Å². The van der Waals surface area contributed by atoms with E-state index in [0.29, 0.717) is 12.1 Å². The molecule has 0 aromatic heterocycles. The number of halogens is 1. The minimum absolute atomic E-state index is 0.0558. The molecule has 0 saturated heterocycles. The molecule has 0 radical (unpaired) electrons. The highest BCUT2D eigenvalue weighted by Gasteiger charge is 2.32. The number of rotatable bonds is 4. The van der Waals surface area contributed by atoms with E-state index >= 15 is 0 Å². The zero-order valence-corrected chi connectivity index (χ0v) is 11.5. The lowest BCUT2D eigenvalue weighted by Gasteiger charge is -2.37. The van der Waals surface area contributed by atoms with Crippen LogP contribution in [0.1, 0.15) is 38.5 Å². The Labute approximate surface area is 118 Å². The van der Waals surface area contributed by atoms with Crippen LogP contribution >= 0.6 is 0 Å². The van der Waals surface area contributed by atoms with Gasteiger partial charge in [0.05, 0.1) is 0 Å². The molecule has 110 valence electrons. The maximum Gasteiger partial charge on any atom is 0.319 e. The molecule has 2 amide bonds. The molecule has 1 aromatic rings. The molecule has 1 aliphatic rings. The van der Waals surface area contributed by atoms with Crippen molar-refractivity contribution in [2.45, 2.75) is 44.1 Å². The van der Waals surface area contributed by atoms with E-state index < -0.39 is 0 Å². The number of carbonyl (C=O) groups excluding carboxylic acids is 1. The van der Waals surface area contributed by atoms with Crippen molar-refractivity contribution in [2.75, 3.05) is 11.9 Å². The fourth-order valence-corrected chi connectivity index (χ4v) is 2.85. The molecule has 0 bridgehead atoms. The molecule has 3 N–H and O–H groups in total. The first-order chi connectivity index (χ1) is 9.63. The third kappa shape index (κ3) is 3.93. The highest BCUT2D eigenvalue weighted by molar-refractivity contribution is 5.89. The maximum absolute atomic E-state index is 13.1. The van der Waals surface area contributed by atoms with Crippen molar-refractivity contribution >= 4 is 11.7 Å². The quantitative estimate of drug-likeness (QED) is 0.794. The molecule has 1 aliphatic carbocycles. The summed E-state index contributed by atoms with van der Waals surface area (Å²) in [6.07, 6.45) is 5.60. The topological polar surface area (TPSA) is 61.4 Å². The number of aliphatic hydroxyl groups is 1. The van der Waals surface area contributed by atoms with E-state index in [2.05, 4.69) is 10.6 Å². The summed E-state index contributed by atoms with van der Waals surface area (Å²) >= 11 is 0. The summed E-state index contributed by atoms with van der Waals surface area (Å²) in [6.45, 7) is 0.0558. The van der Waals surface area contributed by atoms with Crippen LogP contribution in [0.5, 0.6) is 0 Å². The first-order valence-electron chi connectivity index (χ1n) is 7.09. The summed E-state index contributed by atoms with van der Waals surface area (Å²) in [5.74, 6) is -0.384. The number of anilines is 1. The van der Waals surface area contributed by atoms with Gasteiger partial charge in [0, 0.05) is 17.8 Å². The average molecular weight is 280 g/mol. The van der Waals surface area contributed by atoms with Crippen LogP contribution in [0.2, 0.25) is 0 Å². The lowest BCUT2D eigenvalue weighted by atomic mass is 9.79. The van der Waals surface area contributed by atoms with Crippen LogP contribution in [-0.4, -0.2) is 23.3 Å². The molecule has 0 aliphatic heterocycles. The van der Waals surface area contributed by atoms with Gasteiger partial charge in [0.25, 0.3) is 0 Å². The average Bonchev–Trinajstić information content (AvgIpc) is 2.39. The lowest BCUT2D eigenvalue weighted by molar-refractivity contribution is 0.168. The van der Waals surface area contributed by atoms with Crippen LogP contribution in [0.15, 0.2) is 24.3 Å². The Balaban J connectivity index is 1.97. The number of urea groups is 1. The van der Waals surface area contributed by atoms with Crippen molar-refractivity contribution in [1.82, 2.24) is 5.32 Å². The molecule has 1 aromatic carbocycles. The minimum Gasteiger partial charge on any atom is -0.396 e. The first-order valence-corrected chi connectivity index (χ1v) is 7.09. The van der Waals surface area contributed by atoms with E-state index in [1.54, 1.807) is 12.1 Å². The van der Waals surface area contributed by atoms with Crippen molar-refractivity contribution < 1.29 is 14.3 Å². The number of nitrogens with one attached hydrogen (secondary N) is 2. The Morgan fingerprint density at radius 2 is 2.05 bits per heavy atom. The molecule has 0 heterocycles. The second-order valence-corrected chi connectivity index (χ2v) is 5.40. The predicted octanol–water partition coefficient (Wildman–Crippen LogP) is 3.03. The summed E-state index contributed by atoms with van der Waals surface area (Å²) in [5.41, 5.74) is 0.0992. The fraction of sp³-hybridized carbons (Fsp3) is 0.533. The third-order valence-electron chi connectivity index (χ3n) is 3.86. The van der Waals surface area contributed by atoms with E-state index in [1.807, 2.05) is 0 Å². The van der Waals surface area contributed by atoms with Gasteiger partial charge in [0.2, 0.25) is 0 Å². The van der Waals surface area contributed by atoms with E-state index in [0.717, 1.165) is 25.7 Å². The van der Waals surface area contributed by atoms with Gasteiger partial charge < -0.3 is 15.7 Å². The highest BCUT2D eigenvalue weighted by Crippen LogP contribution is 2.31. The van der Waals surface area contributed by atoms with Gasteiger partial charge in [-0.25, -0.2) is 9.18 Å². The molecular weight excluding hydrogens is 259 g/mol. The van der Waals surface area contributed by atoms with Gasteiger partial charge in [-0.05, 0) is 37.5 Å². The number of carbonyl (C=O) groups is 1. The predicted molar refractivity (Wildman–Crippen MR) is 76.1 cm³/mol. The molecule has 1 fully saturated rings. The van der Waals surface area contributed by atoms with Crippen molar-refractivity contribution in [3.8, 4) is 0 Å². The van der Waals surface area contributed by atoms with Crippen molar-refractivity contribution in [2.24, 2.45) is 0 Å². The number of amides is 2. The maximum atomic E-state index is 13.1. The van der Waals surface area contributed by atoms with E-state index in [-0.39, 0.29) is 24.0 Å². The van der Waals surface area contributed by atoms with Crippen LogP contribution in [0, 0.1) is 5.82 Å². The smallest absolute Gasteiger partial charge is 0.319 e. The SMILES string of the molecule is O=C(Nc1cccc(F)c1)NC1(CCO)CCCCC1. The fourth-order valence-electron chi connectivity index (χ4n) is 2.85. The van der Waals surface area contributed by atoms with Gasteiger partial charge in [-0.2, -0.15) is 0 Å². The summed E-state index contributed by atoms with van der Waals surface area (Å²) in [5, 5.41) is 14.8. The Bertz CT molecular complexity index is 453. The largest absolute Gasteiger partial charge is 0.396 e. The number of hydrogen-bond donors (Lipinski definition) is 3. The number of aliphatic hydroxyl groups excluding tert-OH is 1. The Morgan fingerprint density at radius 1 is 1.30 bits per heavy atom. The molecule has 0 atom stereocenters.